The van der Waals surface area contributed by atoms with Crippen molar-refractivity contribution in [2.45, 2.75) is 25.6 Å². The van der Waals surface area contributed by atoms with Crippen LogP contribution in [-0.2, 0) is 17.5 Å². The molecular formula is C20H20F3N3O. The van der Waals surface area contributed by atoms with Crippen LogP contribution in [0.5, 0.6) is 0 Å². The summed E-state index contributed by atoms with van der Waals surface area (Å²) in [6, 6.07) is 8.62. The van der Waals surface area contributed by atoms with Crippen molar-refractivity contribution in [3.8, 4) is 0 Å². The van der Waals surface area contributed by atoms with Crippen LogP contribution in [0.25, 0.3) is 6.08 Å². The molecule has 27 heavy (non-hydrogen) atoms. The fraction of sp³-hybridized carbons (Fsp3) is 0.300. The lowest BCUT2D eigenvalue weighted by molar-refractivity contribution is -0.137. The number of nitrogens with one attached hydrogen (secondary N) is 1. The predicted octanol–water partition coefficient (Wildman–Crippen LogP) is 4.03. The van der Waals surface area contributed by atoms with E-state index in [0.717, 1.165) is 49.4 Å². The lowest BCUT2D eigenvalue weighted by atomic mass is 10.1. The summed E-state index contributed by atoms with van der Waals surface area (Å²) in [7, 11) is 0. The molecule has 1 saturated heterocycles. The molecule has 4 nitrogen and oxygen atoms in total. The van der Waals surface area contributed by atoms with E-state index >= 15 is 0 Å². The van der Waals surface area contributed by atoms with Gasteiger partial charge in [-0.25, -0.2) is 4.98 Å². The third-order valence-electron chi connectivity index (χ3n) is 4.35. The Morgan fingerprint density at radius 3 is 2.70 bits per heavy atom. The minimum Gasteiger partial charge on any atom is -0.357 e. The molecule has 0 unspecified atom stereocenters. The van der Waals surface area contributed by atoms with Crippen molar-refractivity contribution in [2.75, 3.05) is 18.0 Å². The summed E-state index contributed by atoms with van der Waals surface area (Å²) in [6.07, 6.45) is 2.23. The molecule has 1 N–H and O–H groups in total. The van der Waals surface area contributed by atoms with Gasteiger partial charge in [0, 0.05) is 31.9 Å². The number of carbonyl (C=O) groups is 1. The first-order valence-electron chi connectivity index (χ1n) is 8.75. The number of anilines is 1. The Balaban J connectivity index is 1.57. The molecule has 1 aliphatic heterocycles. The summed E-state index contributed by atoms with van der Waals surface area (Å²) < 4.78 is 38.1. The molecule has 1 aliphatic rings. The minimum atomic E-state index is -4.40. The Bertz CT molecular complexity index is 827. The SMILES string of the molecule is O=C(/C=C/c1cccc(C(F)(F)F)c1)NCc1ccnc(N2CCCC2)c1. The van der Waals surface area contributed by atoms with E-state index in [0.29, 0.717) is 12.1 Å². The van der Waals surface area contributed by atoms with Crippen LogP contribution in [0.4, 0.5) is 19.0 Å². The molecule has 1 aromatic heterocycles. The number of alkyl halides is 3. The number of rotatable bonds is 5. The quantitative estimate of drug-likeness (QED) is 0.803. The van der Waals surface area contributed by atoms with Crippen molar-refractivity contribution in [1.29, 1.82) is 0 Å². The second-order valence-corrected chi connectivity index (χ2v) is 6.39. The molecule has 2 aromatic rings. The summed E-state index contributed by atoms with van der Waals surface area (Å²) in [5.41, 5.74) is 0.504. The Hall–Kier alpha value is -2.83. The normalized spacial score (nSPS) is 14.7. The number of hydrogen-bond acceptors (Lipinski definition) is 3. The number of hydrogen-bond donors (Lipinski definition) is 1. The number of amides is 1. The highest BCUT2D eigenvalue weighted by molar-refractivity contribution is 5.91. The molecule has 1 aromatic carbocycles. The molecule has 1 amide bonds. The van der Waals surface area contributed by atoms with Gasteiger partial charge in [0.1, 0.15) is 5.82 Å². The topological polar surface area (TPSA) is 45.2 Å². The fourth-order valence-corrected chi connectivity index (χ4v) is 2.93. The molecule has 0 aliphatic carbocycles. The molecule has 0 bridgehead atoms. The van der Waals surface area contributed by atoms with Crippen molar-refractivity contribution in [3.63, 3.8) is 0 Å². The van der Waals surface area contributed by atoms with Gasteiger partial charge < -0.3 is 10.2 Å². The van der Waals surface area contributed by atoms with Gasteiger partial charge in [0.05, 0.1) is 5.56 Å². The zero-order chi connectivity index (χ0) is 19.3. The third kappa shape index (κ3) is 5.32. The number of aromatic nitrogens is 1. The van der Waals surface area contributed by atoms with Crippen molar-refractivity contribution >= 4 is 17.8 Å². The summed E-state index contributed by atoms with van der Waals surface area (Å²) in [5.74, 6) is 0.533. The number of carbonyl (C=O) groups excluding carboxylic acids is 1. The Kier molecular flexibility index (Phi) is 5.78. The van der Waals surface area contributed by atoms with Gasteiger partial charge in [-0.3, -0.25) is 4.79 Å². The van der Waals surface area contributed by atoms with Crippen molar-refractivity contribution in [1.82, 2.24) is 10.3 Å². The molecular weight excluding hydrogens is 355 g/mol. The summed E-state index contributed by atoms with van der Waals surface area (Å²) >= 11 is 0. The van der Waals surface area contributed by atoms with E-state index in [2.05, 4.69) is 15.2 Å². The summed E-state index contributed by atoms with van der Waals surface area (Å²) in [6.45, 7) is 2.31. The van der Waals surface area contributed by atoms with Gasteiger partial charge in [-0.15, -0.1) is 0 Å². The minimum absolute atomic E-state index is 0.320. The second kappa shape index (κ2) is 8.24. The summed E-state index contributed by atoms with van der Waals surface area (Å²) in [4.78, 5) is 18.5. The highest BCUT2D eigenvalue weighted by atomic mass is 19.4. The van der Waals surface area contributed by atoms with Crippen LogP contribution in [0.2, 0.25) is 0 Å². The van der Waals surface area contributed by atoms with E-state index < -0.39 is 11.7 Å². The maximum Gasteiger partial charge on any atom is 0.416 e. The standard InChI is InChI=1S/C20H20F3N3O/c21-20(22,23)17-5-3-4-15(12-17)6-7-19(27)25-14-16-8-9-24-18(13-16)26-10-1-2-11-26/h3-9,12-13H,1-2,10-11,14H2,(H,25,27)/b7-6+. The van der Waals surface area contributed by atoms with Crippen LogP contribution in [0.3, 0.4) is 0 Å². The van der Waals surface area contributed by atoms with Crippen molar-refractivity contribution in [3.05, 3.63) is 65.4 Å². The molecule has 0 radical (unpaired) electrons. The highest BCUT2D eigenvalue weighted by Crippen LogP contribution is 2.29. The molecule has 2 heterocycles. The molecule has 1 fully saturated rings. The largest absolute Gasteiger partial charge is 0.416 e. The molecule has 7 heteroatoms. The van der Waals surface area contributed by atoms with Gasteiger partial charge in [0.2, 0.25) is 5.91 Å². The van der Waals surface area contributed by atoms with Gasteiger partial charge in [-0.1, -0.05) is 12.1 Å². The van der Waals surface area contributed by atoms with Crippen LogP contribution < -0.4 is 10.2 Å². The van der Waals surface area contributed by atoms with Gasteiger partial charge in [0.15, 0.2) is 0 Å². The van der Waals surface area contributed by atoms with Crippen LogP contribution in [-0.4, -0.2) is 24.0 Å². The van der Waals surface area contributed by atoms with Gasteiger partial charge in [0.25, 0.3) is 0 Å². The van der Waals surface area contributed by atoms with E-state index in [1.165, 1.54) is 24.3 Å². The first-order chi connectivity index (χ1) is 12.9. The average molecular weight is 375 g/mol. The monoisotopic (exact) mass is 375 g/mol. The Morgan fingerprint density at radius 1 is 1.19 bits per heavy atom. The summed E-state index contributed by atoms with van der Waals surface area (Å²) in [5, 5.41) is 2.74. The maximum atomic E-state index is 12.7. The number of nitrogens with zero attached hydrogens (tertiary/aromatic N) is 2. The van der Waals surface area contributed by atoms with Crippen LogP contribution in [0.15, 0.2) is 48.7 Å². The zero-order valence-corrected chi connectivity index (χ0v) is 14.7. The molecule has 0 spiro atoms. The van der Waals surface area contributed by atoms with E-state index in [-0.39, 0.29) is 5.91 Å². The average Bonchev–Trinajstić information content (AvgIpc) is 3.19. The first-order valence-corrected chi connectivity index (χ1v) is 8.75. The van der Waals surface area contributed by atoms with E-state index in [4.69, 9.17) is 0 Å². The Morgan fingerprint density at radius 2 is 1.96 bits per heavy atom. The van der Waals surface area contributed by atoms with Crippen LogP contribution >= 0.6 is 0 Å². The maximum absolute atomic E-state index is 12.7. The van der Waals surface area contributed by atoms with Gasteiger partial charge >= 0.3 is 6.18 Å². The zero-order valence-electron chi connectivity index (χ0n) is 14.7. The van der Waals surface area contributed by atoms with Gasteiger partial charge in [-0.2, -0.15) is 13.2 Å². The number of halogens is 3. The fourth-order valence-electron chi connectivity index (χ4n) is 2.93. The first kappa shape index (κ1) is 18.9. The third-order valence-corrected chi connectivity index (χ3v) is 4.35. The van der Waals surface area contributed by atoms with E-state index in [9.17, 15) is 18.0 Å². The van der Waals surface area contributed by atoms with Crippen LogP contribution in [0.1, 0.15) is 29.5 Å². The number of benzene rings is 1. The molecule has 142 valence electrons. The van der Waals surface area contributed by atoms with Crippen LogP contribution in [0, 0.1) is 0 Å². The lowest BCUT2D eigenvalue weighted by Crippen LogP contribution is -2.22. The highest BCUT2D eigenvalue weighted by Gasteiger charge is 2.30. The second-order valence-electron chi connectivity index (χ2n) is 6.39. The van der Waals surface area contributed by atoms with E-state index in [1.54, 1.807) is 6.20 Å². The van der Waals surface area contributed by atoms with Crippen molar-refractivity contribution < 1.29 is 18.0 Å². The molecule has 3 rings (SSSR count). The van der Waals surface area contributed by atoms with E-state index in [1.807, 2.05) is 12.1 Å². The molecule has 0 saturated carbocycles. The smallest absolute Gasteiger partial charge is 0.357 e. The van der Waals surface area contributed by atoms with Gasteiger partial charge in [-0.05, 0) is 54.3 Å². The van der Waals surface area contributed by atoms with Crippen molar-refractivity contribution in [2.24, 2.45) is 0 Å². The predicted molar refractivity (Wildman–Crippen MR) is 98.0 cm³/mol. The number of pyridine rings is 1. The molecule has 0 atom stereocenters. The Labute approximate surface area is 155 Å². The lowest BCUT2D eigenvalue weighted by Gasteiger charge is -2.16.